The summed E-state index contributed by atoms with van der Waals surface area (Å²) in [5.74, 6) is 0.884. The van der Waals surface area contributed by atoms with Crippen LogP contribution in [-0.2, 0) is 0 Å². The van der Waals surface area contributed by atoms with Crippen molar-refractivity contribution < 1.29 is 0 Å². The Morgan fingerprint density at radius 1 is 1.20 bits per heavy atom. The van der Waals surface area contributed by atoms with E-state index in [2.05, 4.69) is 33.0 Å². The molecule has 1 heteroatoms. The molecule has 0 saturated carbocycles. The lowest BCUT2D eigenvalue weighted by Crippen LogP contribution is -2.04. The molecule has 0 atom stereocenters. The maximum Gasteiger partial charge on any atom is -0.00546 e. The molecule has 1 N–H and O–H groups in total. The highest BCUT2D eigenvalue weighted by Gasteiger charge is 1.80. The van der Waals surface area contributed by atoms with Crippen LogP contribution in [-0.4, -0.2) is 13.6 Å². The lowest BCUT2D eigenvalue weighted by molar-refractivity contribution is 0.626. The predicted molar refractivity (Wildman–Crippen MR) is 49.3 cm³/mol. The Balaban J connectivity index is 0. The molecule has 0 rings (SSSR count). The van der Waals surface area contributed by atoms with Crippen LogP contribution in [0.1, 0.15) is 40.5 Å². The van der Waals surface area contributed by atoms with Crippen LogP contribution in [0.5, 0.6) is 0 Å². The maximum atomic E-state index is 3.02. The van der Waals surface area contributed by atoms with Gasteiger partial charge in [-0.1, -0.05) is 34.1 Å². The van der Waals surface area contributed by atoms with Gasteiger partial charge < -0.3 is 5.32 Å². The Morgan fingerprint density at radius 3 is 1.60 bits per heavy atom. The van der Waals surface area contributed by atoms with Crippen molar-refractivity contribution in [2.75, 3.05) is 13.6 Å². The van der Waals surface area contributed by atoms with Crippen molar-refractivity contribution in [1.82, 2.24) is 5.32 Å². The Labute approximate surface area is 66.2 Å². The number of hydrogen-bond acceptors (Lipinski definition) is 1. The van der Waals surface area contributed by atoms with E-state index in [9.17, 15) is 0 Å². The highest BCUT2D eigenvalue weighted by atomic mass is 14.8. The van der Waals surface area contributed by atoms with Crippen molar-refractivity contribution in [2.24, 2.45) is 5.92 Å². The van der Waals surface area contributed by atoms with Gasteiger partial charge in [0.25, 0.3) is 0 Å². The zero-order valence-corrected chi connectivity index (χ0v) is 8.20. The molecule has 0 aliphatic rings. The van der Waals surface area contributed by atoms with Gasteiger partial charge >= 0.3 is 0 Å². The van der Waals surface area contributed by atoms with E-state index in [1.54, 1.807) is 0 Å². The van der Waals surface area contributed by atoms with Gasteiger partial charge in [-0.15, -0.1) is 0 Å². The fourth-order valence-corrected chi connectivity index (χ4v) is 0.250. The van der Waals surface area contributed by atoms with Gasteiger partial charge in [0.05, 0.1) is 0 Å². The first-order valence-electron chi connectivity index (χ1n) is 4.33. The standard InChI is InChI=1S/C5H12.C4H11N/c1-4-5(2)3;1-3-4-5-2/h5H,4H2,1-3H3;5H,3-4H2,1-2H3. The summed E-state index contributed by atoms with van der Waals surface area (Å²) in [5, 5.41) is 3.02. The number of hydrogen-bond donors (Lipinski definition) is 1. The lowest BCUT2D eigenvalue weighted by atomic mass is 10.2. The summed E-state index contributed by atoms with van der Waals surface area (Å²) >= 11 is 0. The summed E-state index contributed by atoms with van der Waals surface area (Å²) in [5.41, 5.74) is 0. The van der Waals surface area contributed by atoms with Crippen molar-refractivity contribution in [1.29, 1.82) is 0 Å². The van der Waals surface area contributed by atoms with Gasteiger partial charge in [0, 0.05) is 0 Å². The van der Waals surface area contributed by atoms with Crippen molar-refractivity contribution in [3.8, 4) is 0 Å². The predicted octanol–water partition coefficient (Wildman–Crippen LogP) is 2.67. The van der Waals surface area contributed by atoms with Crippen LogP contribution in [0.2, 0.25) is 0 Å². The van der Waals surface area contributed by atoms with Crippen molar-refractivity contribution in [2.45, 2.75) is 40.5 Å². The third-order valence-corrected chi connectivity index (χ3v) is 1.32. The first kappa shape index (κ1) is 12.6. The van der Waals surface area contributed by atoms with Gasteiger partial charge in [-0.05, 0) is 25.9 Å². The summed E-state index contributed by atoms with van der Waals surface area (Å²) in [4.78, 5) is 0. The van der Waals surface area contributed by atoms with E-state index in [4.69, 9.17) is 0 Å². The van der Waals surface area contributed by atoms with Crippen LogP contribution in [0.25, 0.3) is 0 Å². The van der Waals surface area contributed by atoms with Gasteiger partial charge in [-0.3, -0.25) is 0 Å². The van der Waals surface area contributed by atoms with E-state index in [1.807, 2.05) is 7.05 Å². The van der Waals surface area contributed by atoms with Crippen LogP contribution < -0.4 is 5.32 Å². The molecule has 0 aromatic carbocycles. The van der Waals surface area contributed by atoms with Gasteiger partial charge in [-0.2, -0.15) is 0 Å². The molecule has 0 unspecified atom stereocenters. The highest BCUT2D eigenvalue weighted by molar-refractivity contribution is 4.32. The summed E-state index contributed by atoms with van der Waals surface area (Å²) in [6, 6.07) is 0. The average molecular weight is 145 g/mol. The molecule has 0 fully saturated rings. The van der Waals surface area contributed by atoms with Crippen molar-refractivity contribution >= 4 is 0 Å². The molecule has 0 aliphatic heterocycles. The van der Waals surface area contributed by atoms with Crippen molar-refractivity contribution in [3.63, 3.8) is 0 Å². The third-order valence-electron chi connectivity index (χ3n) is 1.32. The number of rotatable bonds is 3. The molecule has 0 bridgehead atoms. The molecule has 0 radical (unpaired) electrons. The molecule has 0 spiro atoms. The Bertz CT molecular complexity index is 40.0. The quantitative estimate of drug-likeness (QED) is 0.644. The smallest absolute Gasteiger partial charge is 0.00546 e. The van der Waals surface area contributed by atoms with E-state index in [-0.39, 0.29) is 0 Å². The Kier molecular flexibility index (Phi) is 14.8. The second-order valence-electron chi connectivity index (χ2n) is 2.91. The minimum Gasteiger partial charge on any atom is -0.320 e. The second kappa shape index (κ2) is 11.7. The zero-order valence-electron chi connectivity index (χ0n) is 8.20. The highest BCUT2D eigenvalue weighted by Crippen LogP contribution is 1.93. The minimum absolute atomic E-state index is 0.884. The number of nitrogens with one attached hydrogen (secondary N) is 1. The molecule has 10 heavy (non-hydrogen) atoms. The normalized spacial score (nSPS) is 9.00. The fourth-order valence-electron chi connectivity index (χ4n) is 0.250. The molecule has 0 aromatic heterocycles. The van der Waals surface area contributed by atoms with E-state index in [0.29, 0.717) is 0 Å². The summed E-state index contributed by atoms with van der Waals surface area (Å²) < 4.78 is 0. The molecule has 0 saturated heterocycles. The van der Waals surface area contributed by atoms with Crippen LogP contribution in [0.15, 0.2) is 0 Å². The minimum atomic E-state index is 0.884. The Hall–Kier alpha value is -0.0400. The van der Waals surface area contributed by atoms with Crippen LogP contribution in [0, 0.1) is 5.92 Å². The van der Waals surface area contributed by atoms with Crippen LogP contribution >= 0.6 is 0 Å². The van der Waals surface area contributed by atoms with E-state index in [1.165, 1.54) is 12.8 Å². The van der Waals surface area contributed by atoms with Gasteiger partial charge in [0.15, 0.2) is 0 Å². The van der Waals surface area contributed by atoms with Gasteiger partial charge in [0.2, 0.25) is 0 Å². The Morgan fingerprint density at radius 2 is 1.60 bits per heavy atom. The lowest BCUT2D eigenvalue weighted by Gasteiger charge is -1.90. The van der Waals surface area contributed by atoms with Gasteiger partial charge in [0.1, 0.15) is 0 Å². The topological polar surface area (TPSA) is 12.0 Å². The van der Waals surface area contributed by atoms with Crippen molar-refractivity contribution in [3.05, 3.63) is 0 Å². The molecule has 0 aliphatic carbocycles. The molecular weight excluding hydrogens is 122 g/mol. The first-order chi connectivity index (χ1) is 4.68. The molecular formula is C9H23N. The molecule has 1 nitrogen and oxygen atoms in total. The average Bonchev–Trinajstić information content (AvgIpc) is 1.91. The van der Waals surface area contributed by atoms with E-state index < -0.39 is 0 Å². The molecule has 0 aromatic rings. The van der Waals surface area contributed by atoms with Crippen LogP contribution in [0.3, 0.4) is 0 Å². The fraction of sp³-hybridized carbons (Fsp3) is 1.00. The van der Waals surface area contributed by atoms with Crippen LogP contribution in [0.4, 0.5) is 0 Å². The largest absolute Gasteiger partial charge is 0.320 e. The first-order valence-corrected chi connectivity index (χ1v) is 4.33. The van der Waals surface area contributed by atoms with E-state index in [0.717, 1.165) is 12.5 Å². The third kappa shape index (κ3) is 24.6. The monoisotopic (exact) mass is 145 g/mol. The summed E-state index contributed by atoms with van der Waals surface area (Å²) in [6.45, 7) is 9.93. The SMILES string of the molecule is CCC(C)C.CCCNC. The van der Waals surface area contributed by atoms with Gasteiger partial charge in [-0.25, -0.2) is 0 Å². The zero-order chi connectivity index (χ0) is 8.41. The molecule has 64 valence electrons. The maximum absolute atomic E-state index is 3.02. The molecule has 0 amide bonds. The molecule has 0 heterocycles. The second-order valence-corrected chi connectivity index (χ2v) is 2.91. The summed E-state index contributed by atoms with van der Waals surface area (Å²) in [6.07, 6.45) is 2.54. The van der Waals surface area contributed by atoms with E-state index >= 15 is 0 Å². The summed E-state index contributed by atoms with van der Waals surface area (Å²) in [7, 11) is 1.96.